The van der Waals surface area contributed by atoms with Crippen LogP contribution in [0, 0.1) is 0 Å². The van der Waals surface area contributed by atoms with Crippen LogP contribution in [0.2, 0.25) is 5.31 Å². The van der Waals surface area contributed by atoms with Crippen LogP contribution in [-0.4, -0.2) is 6.71 Å². The molecule has 2 aromatic rings. The summed E-state index contributed by atoms with van der Waals surface area (Å²) in [5, 5.41) is 0.177. The molecule has 0 unspecified atom stereocenters. The second-order valence-corrected chi connectivity index (χ2v) is 5.98. The Morgan fingerprint density at radius 2 is 1.22 bits per heavy atom. The third kappa shape index (κ3) is 1.73. The maximum atomic E-state index is 6.00. The highest BCUT2D eigenvalue weighted by Crippen LogP contribution is 2.34. The number of hydrogen-bond donors (Lipinski definition) is 0. The van der Waals surface area contributed by atoms with Crippen LogP contribution in [0.5, 0.6) is 11.5 Å². The van der Waals surface area contributed by atoms with E-state index in [2.05, 4.69) is 57.2 Å². The molecule has 0 bridgehead atoms. The van der Waals surface area contributed by atoms with E-state index in [9.17, 15) is 0 Å². The zero-order valence-electron chi connectivity index (χ0n) is 11.1. The van der Waals surface area contributed by atoms with Gasteiger partial charge in [0.2, 0.25) is 6.71 Å². The highest BCUT2D eigenvalue weighted by molar-refractivity contribution is 6.89. The van der Waals surface area contributed by atoms with E-state index >= 15 is 0 Å². The molecule has 18 heavy (non-hydrogen) atoms. The molecular weight excluding hydrogens is 219 g/mol. The lowest BCUT2D eigenvalue weighted by Gasteiger charge is -2.34. The van der Waals surface area contributed by atoms with Crippen molar-refractivity contribution in [2.75, 3.05) is 0 Å². The molecule has 0 aliphatic carbocycles. The SMILES string of the molecule is CC(C)(C)B1c2ccccc2Oc2ccccc21. The maximum absolute atomic E-state index is 6.00. The van der Waals surface area contributed by atoms with Gasteiger partial charge < -0.3 is 4.74 Å². The number of para-hydroxylation sites is 2. The topological polar surface area (TPSA) is 9.23 Å². The third-order valence-corrected chi connectivity index (χ3v) is 3.55. The predicted molar refractivity (Wildman–Crippen MR) is 77.7 cm³/mol. The second kappa shape index (κ2) is 3.91. The predicted octanol–water partition coefficient (Wildman–Crippen LogP) is 3.20. The lowest BCUT2D eigenvalue weighted by Crippen LogP contribution is -2.52. The Kier molecular flexibility index (Phi) is 2.48. The van der Waals surface area contributed by atoms with E-state index in [-0.39, 0.29) is 5.31 Å². The van der Waals surface area contributed by atoms with E-state index in [4.69, 9.17) is 4.74 Å². The molecule has 1 heterocycles. The number of rotatable bonds is 0. The van der Waals surface area contributed by atoms with Crippen LogP contribution in [0.25, 0.3) is 0 Å². The molecule has 0 atom stereocenters. The Labute approximate surface area is 109 Å². The van der Waals surface area contributed by atoms with Crippen molar-refractivity contribution in [3.63, 3.8) is 0 Å². The molecule has 1 nitrogen and oxygen atoms in total. The quantitative estimate of drug-likeness (QED) is 0.638. The normalized spacial score (nSPS) is 13.6. The second-order valence-electron chi connectivity index (χ2n) is 5.98. The van der Waals surface area contributed by atoms with E-state index in [1.54, 1.807) is 0 Å². The van der Waals surface area contributed by atoms with Crippen molar-refractivity contribution in [2.24, 2.45) is 0 Å². The number of benzene rings is 2. The Morgan fingerprint density at radius 1 is 0.778 bits per heavy atom. The number of hydrogen-bond acceptors (Lipinski definition) is 1. The van der Waals surface area contributed by atoms with Crippen LogP contribution in [0.4, 0.5) is 0 Å². The van der Waals surface area contributed by atoms with Gasteiger partial charge in [-0.15, -0.1) is 0 Å². The van der Waals surface area contributed by atoms with Gasteiger partial charge in [0.25, 0.3) is 0 Å². The molecule has 2 heteroatoms. The molecule has 0 N–H and O–H groups in total. The lowest BCUT2D eigenvalue weighted by molar-refractivity contribution is 0.486. The fourth-order valence-electron chi connectivity index (χ4n) is 2.84. The van der Waals surface area contributed by atoms with Crippen LogP contribution in [0.1, 0.15) is 20.8 Å². The van der Waals surface area contributed by atoms with Crippen molar-refractivity contribution in [1.82, 2.24) is 0 Å². The van der Waals surface area contributed by atoms with Gasteiger partial charge in [-0.1, -0.05) is 57.2 Å². The molecule has 0 spiro atoms. The third-order valence-electron chi connectivity index (χ3n) is 3.55. The highest BCUT2D eigenvalue weighted by Gasteiger charge is 2.38. The van der Waals surface area contributed by atoms with Crippen LogP contribution in [0.3, 0.4) is 0 Å². The van der Waals surface area contributed by atoms with Gasteiger partial charge in [0.15, 0.2) is 0 Å². The van der Waals surface area contributed by atoms with Crippen LogP contribution < -0.4 is 15.7 Å². The Balaban J connectivity index is 2.24. The summed E-state index contributed by atoms with van der Waals surface area (Å²) in [5.41, 5.74) is 2.59. The zero-order chi connectivity index (χ0) is 12.8. The summed E-state index contributed by atoms with van der Waals surface area (Å²) in [5.74, 6) is 1.99. The lowest BCUT2D eigenvalue weighted by atomic mass is 9.28. The molecule has 0 radical (unpaired) electrons. The van der Waals surface area contributed by atoms with Gasteiger partial charge in [-0.05, 0) is 28.4 Å². The zero-order valence-corrected chi connectivity index (χ0v) is 11.1. The monoisotopic (exact) mass is 236 g/mol. The highest BCUT2D eigenvalue weighted by atomic mass is 16.5. The van der Waals surface area contributed by atoms with Crippen LogP contribution in [-0.2, 0) is 0 Å². The first-order chi connectivity index (χ1) is 8.57. The Hall–Kier alpha value is -1.70. The first-order valence-electron chi connectivity index (χ1n) is 6.43. The number of fused-ring (bicyclic) bond motifs is 2. The van der Waals surface area contributed by atoms with E-state index in [1.807, 2.05) is 12.1 Å². The van der Waals surface area contributed by atoms with Gasteiger partial charge >= 0.3 is 0 Å². The molecule has 3 rings (SSSR count). The van der Waals surface area contributed by atoms with Crippen molar-refractivity contribution < 1.29 is 4.74 Å². The molecule has 0 aromatic heterocycles. The summed E-state index contributed by atoms with van der Waals surface area (Å²) in [4.78, 5) is 0. The van der Waals surface area contributed by atoms with E-state index < -0.39 is 0 Å². The number of ether oxygens (including phenoxy) is 1. The van der Waals surface area contributed by atoms with Crippen molar-refractivity contribution >= 4 is 17.6 Å². The Morgan fingerprint density at radius 3 is 1.67 bits per heavy atom. The molecule has 0 saturated heterocycles. The minimum absolute atomic E-state index is 0.177. The van der Waals surface area contributed by atoms with Gasteiger partial charge in [0, 0.05) is 0 Å². The van der Waals surface area contributed by atoms with E-state index in [1.165, 1.54) is 10.9 Å². The fourth-order valence-corrected chi connectivity index (χ4v) is 2.84. The minimum Gasteiger partial charge on any atom is -0.458 e. The minimum atomic E-state index is 0.177. The van der Waals surface area contributed by atoms with E-state index in [0.717, 1.165) is 11.5 Å². The first-order valence-corrected chi connectivity index (χ1v) is 6.43. The molecule has 1 aliphatic heterocycles. The fraction of sp³-hybridized carbons (Fsp3) is 0.250. The molecule has 0 amide bonds. The first kappa shape index (κ1) is 11.4. The van der Waals surface area contributed by atoms with Crippen molar-refractivity contribution in [3.05, 3.63) is 48.5 Å². The van der Waals surface area contributed by atoms with Crippen molar-refractivity contribution in [1.29, 1.82) is 0 Å². The molecule has 1 aliphatic rings. The van der Waals surface area contributed by atoms with Crippen molar-refractivity contribution in [3.8, 4) is 11.5 Å². The Bertz CT molecular complexity index is 538. The maximum Gasteiger partial charge on any atom is 0.224 e. The molecule has 0 saturated carbocycles. The van der Waals surface area contributed by atoms with E-state index in [0.29, 0.717) is 6.71 Å². The van der Waals surface area contributed by atoms with Gasteiger partial charge in [-0.2, -0.15) is 0 Å². The summed E-state index contributed by atoms with van der Waals surface area (Å²) < 4.78 is 6.00. The summed E-state index contributed by atoms with van der Waals surface area (Å²) in [6.45, 7) is 7.25. The molecule has 2 aromatic carbocycles. The summed E-state index contributed by atoms with van der Waals surface area (Å²) in [7, 11) is 0. The van der Waals surface area contributed by atoms with Crippen molar-refractivity contribution in [2.45, 2.75) is 26.1 Å². The van der Waals surface area contributed by atoms with Crippen LogP contribution >= 0.6 is 0 Å². The molecule has 0 fully saturated rings. The summed E-state index contributed by atoms with van der Waals surface area (Å²) in [6, 6.07) is 16.7. The van der Waals surface area contributed by atoms with Gasteiger partial charge in [0.05, 0.1) is 0 Å². The average molecular weight is 236 g/mol. The van der Waals surface area contributed by atoms with Gasteiger partial charge in [0.1, 0.15) is 11.5 Å². The average Bonchev–Trinajstić information content (AvgIpc) is 2.34. The smallest absolute Gasteiger partial charge is 0.224 e. The standard InChI is InChI=1S/C16H17BO/c1-16(2,3)17-12-8-4-6-10-14(12)18-15-11-7-5-9-13(15)17/h4-11H,1-3H3. The van der Waals surface area contributed by atoms with Gasteiger partial charge in [-0.25, -0.2) is 0 Å². The largest absolute Gasteiger partial charge is 0.458 e. The molecular formula is C16H17BO. The molecule has 90 valence electrons. The summed E-state index contributed by atoms with van der Waals surface area (Å²) in [6.07, 6.45) is 0. The van der Waals surface area contributed by atoms with Gasteiger partial charge in [-0.3, -0.25) is 0 Å². The summed E-state index contributed by atoms with van der Waals surface area (Å²) >= 11 is 0. The van der Waals surface area contributed by atoms with Crippen LogP contribution in [0.15, 0.2) is 48.5 Å².